The summed E-state index contributed by atoms with van der Waals surface area (Å²) in [5.41, 5.74) is 0.981. The van der Waals surface area contributed by atoms with Gasteiger partial charge in [-0.1, -0.05) is 36.8 Å². The second-order valence-electron chi connectivity index (χ2n) is 8.51. The van der Waals surface area contributed by atoms with E-state index in [1.54, 1.807) is 0 Å². The molecule has 25 heavy (non-hydrogen) atoms. The lowest BCUT2D eigenvalue weighted by atomic mass is 9.82. The first-order chi connectivity index (χ1) is 11.9. The van der Waals surface area contributed by atoms with Crippen LogP contribution in [0.2, 0.25) is 0 Å². The molecule has 2 atom stereocenters. The fourth-order valence-corrected chi connectivity index (χ4v) is 4.39. The molecule has 3 rings (SSSR count). The molecule has 2 saturated heterocycles. The highest BCUT2D eigenvalue weighted by Gasteiger charge is 2.40. The van der Waals surface area contributed by atoms with Gasteiger partial charge in [0.15, 0.2) is 0 Å². The van der Waals surface area contributed by atoms with E-state index in [0.717, 1.165) is 19.3 Å². The summed E-state index contributed by atoms with van der Waals surface area (Å²) in [4.78, 5) is 14.9. The average Bonchev–Trinajstić information content (AvgIpc) is 2.54. The summed E-state index contributed by atoms with van der Waals surface area (Å²) in [6.45, 7) is 6.78. The quantitative estimate of drug-likeness (QED) is 0.892. The standard InChI is InChI=1S/C21H32N2O2/c1-21(2,3)23(19-14-17-10-7-11-18(15-19)22-17)20(24)25-13-12-16-8-5-4-6-9-16/h4-6,8-9,17-19,22H,7,10-15H2,1-3H3. The zero-order chi connectivity index (χ0) is 17.9. The Bertz CT molecular complexity index is 555. The normalized spacial score (nSPS) is 26.1. The molecule has 0 spiro atoms. The maximum Gasteiger partial charge on any atom is 0.410 e. The van der Waals surface area contributed by atoms with E-state index in [9.17, 15) is 4.79 Å². The molecule has 0 radical (unpaired) electrons. The van der Waals surface area contributed by atoms with Gasteiger partial charge >= 0.3 is 6.09 Å². The van der Waals surface area contributed by atoms with Crippen molar-refractivity contribution in [1.29, 1.82) is 0 Å². The molecule has 4 heteroatoms. The van der Waals surface area contributed by atoms with Crippen LogP contribution < -0.4 is 5.32 Å². The van der Waals surface area contributed by atoms with Crippen LogP contribution in [0, 0.1) is 0 Å². The van der Waals surface area contributed by atoms with Crippen LogP contribution >= 0.6 is 0 Å². The van der Waals surface area contributed by atoms with Crippen molar-refractivity contribution in [3.05, 3.63) is 35.9 Å². The van der Waals surface area contributed by atoms with Crippen LogP contribution in [0.25, 0.3) is 0 Å². The molecule has 2 fully saturated rings. The fourth-order valence-electron chi connectivity index (χ4n) is 4.39. The van der Waals surface area contributed by atoms with Crippen molar-refractivity contribution < 1.29 is 9.53 Å². The van der Waals surface area contributed by atoms with E-state index in [0.29, 0.717) is 18.7 Å². The molecule has 2 bridgehead atoms. The number of piperidine rings is 2. The minimum atomic E-state index is -0.222. The number of carbonyl (C=O) groups excluding carboxylic acids is 1. The maximum absolute atomic E-state index is 12.9. The van der Waals surface area contributed by atoms with Crippen molar-refractivity contribution in [3.63, 3.8) is 0 Å². The molecule has 2 heterocycles. The third-order valence-electron chi connectivity index (χ3n) is 5.43. The van der Waals surface area contributed by atoms with Gasteiger partial charge in [-0.3, -0.25) is 0 Å². The molecule has 0 aliphatic carbocycles. The van der Waals surface area contributed by atoms with Crippen molar-refractivity contribution in [1.82, 2.24) is 10.2 Å². The second kappa shape index (κ2) is 7.77. The van der Waals surface area contributed by atoms with E-state index < -0.39 is 0 Å². The Morgan fingerprint density at radius 1 is 1.16 bits per heavy atom. The SMILES string of the molecule is CC(C)(C)N(C(=O)OCCc1ccccc1)C1CC2CCCC(C1)N2. The Hall–Kier alpha value is -1.55. The largest absolute Gasteiger partial charge is 0.449 e. The van der Waals surface area contributed by atoms with Crippen LogP contribution in [0.5, 0.6) is 0 Å². The predicted molar refractivity (Wildman–Crippen MR) is 101 cm³/mol. The number of rotatable bonds is 4. The smallest absolute Gasteiger partial charge is 0.410 e. The summed E-state index contributed by atoms with van der Waals surface area (Å²) in [5.74, 6) is 0. The second-order valence-corrected chi connectivity index (χ2v) is 8.51. The molecular weight excluding hydrogens is 312 g/mol. The fraction of sp³-hybridized carbons (Fsp3) is 0.667. The van der Waals surface area contributed by atoms with Crippen LogP contribution in [-0.4, -0.2) is 41.3 Å². The van der Waals surface area contributed by atoms with Gasteiger partial charge in [-0.15, -0.1) is 0 Å². The Kier molecular flexibility index (Phi) is 5.67. The molecule has 1 aromatic rings. The van der Waals surface area contributed by atoms with E-state index >= 15 is 0 Å². The molecule has 2 unspecified atom stereocenters. The summed E-state index contributed by atoms with van der Waals surface area (Å²) in [5, 5.41) is 3.71. The van der Waals surface area contributed by atoms with Crippen molar-refractivity contribution in [2.45, 2.75) is 83.0 Å². The van der Waals surface area contributed by atoms with Gasteiger partial charge in [0.2, 0.25) is 0 Å². The molecule has 2 aliphatic rings. The third-order valence-corrected chi connectivity index (χ3v) is 5.43. The molecule has 138 valence electrons. The Balaban J connectivity index is 1.61. The summed E-state index contributed by atoms with van der Waals surface area (Å²) < 4.78 is 5.68. The number of nitrogens with zero attached hydrogens (tertiary/aromatic N) is 1. The van der Waals surface area contributed by atoms with Crippen molar-refractivity contribution in [3.8, 4) is 0 Å². The zero-order valence-corrected chi connectivity index (χ0v) is 15.8. The predicted octanol–water partition coefficient (Wildman–Crippen LogP) is 4.14. The monoisotopic (exact) mass is 344 g/mol. The number of amides is 1. The van der Waals surface area contributed by atoms with Gasteiger partial charge in [-0.25, -0.2) is 4.79 Å². The Morgan fingerprint density at radius 3 is 2.40 bits per heavy atom. The van der Waals surface area contributed by atoms with Gasteiger partial charge in [-0.05, 0) is 52.0 Å². The summed E-state index contributed by atoms with van der Waals surface area (Å²) in [6, 6.07) is 11.6. The van der Waals surface area contributed by atoms with Gasteiger partial charge in [0.05, 0.1) is 6.61 Å². The number of nitrogens with one attached hydrogen (secondary N) is 1. The molecular formula is C21H32N2O2. The molecule has 4 nitrogen and oxygen atoms in total. The summed E-state index contributed by atoms with van der Waals surface area (Å²) in [6.07, 6.45) is 6.47. The maximum atomic E-state index is 12.9. The number of ether oxygens (including phenoxy) is 1. The van der Waals surface area contributed by atoms with Crippen molar-refractivity contribution in [2.24, 2.45) is 0 Å². The lowest BCUT2D eigenvalue weighted by Gasteiger charge is -2.48. The van der Waals surface area contributed by atoms with Crippen LogP contribution in [0.4, 0.5) is 4.79 Å². The zero-order valence-electron chi connectivity index (χ0n) is 15.8. The van der Waals surface area contributed by atoms with Gasteiger partial charge < -0.3 is 15.0 Å². The molecule has 0 saturated carbocycles. The van der Waals surface area contributed by atoms with Crippen molar-refractivity contribution >= 4 is 6.09 Å². The van der Waals surface area contributed by atoms with Gasteiger partial charge in [0, 0.05) is 30.1 Å². The topological polar surface area (TPSA) is 41.6 Å². The van der Waals surface area contributed by atoms with Crippen LogP contribution in [0.15, 0.2) is 30.3 Å². The highest BCUT2D eigenvalue weighted by atomic mass is 16.6. The highest BCUT2D eigenvalue weighted by Crippen LogP contribution is 2.32. The first-order valence-electron chi connectivity index (χ1n) is 9.69. The summed E-state index contributed by atoms with van der Waals surface area (Å²) >= 11 is 0. The van der Waals surface area contributed by atoms with E-state index in [-0.39, 0.29) is 17.7 Å². The molecule has 1 amide bonds. The molecule has 0 aromatic heterocycles. The lowest BCUT2D eigenvalue weighted by Crippen LogP contribution is -2.60. The number of carbonyl (C=O) groups is 1. The average molecular weight is 344 g/mol. The van der Waals surface area contributed by atoms with E-state index in [1.807, 2.05) is 23.1 Å². The van der Waals surface area contributed by atoms with Crippen LogP contribution in [-0.2, 0) is 11.2 Å². The number of fused-ring (bicyclic) bond motifs is 2. The van der Waals surface area contributed by atoms with Crippen LogP contribution in [0.3, 0.4) is 0 Å². The summed E-state index contributed by atoms with van der Waals surface area (Å²) in [7, 11) is 0. The van der Waals surface area contributed by atoms with E-state index in [1.165, 1.54) is 24.8 Å². The minimum absolute atomic E-state index is 0.159. The van der Waals surface area contributed by atoms with Gasteiger partial charge in [-0.2, -0.15) is 0 Å². The number of hydrogen-bond acceptors (Lipinski definition) is 3. The molecule has 2 aliphatic heterocycles. The van der Waals surface area contributed by atoms with Gasteiger partial charge in [0.25, 0.3) is 0 Å². The van der Waals surface area contributed by atoms with Crippen LogP contribution in [0.1, 0.15) is 58.4 Å². The third kappa shape index (κ3) is 4.75. The van der Waals surface area contributed by atoms with Gasteiger partial charge in [0.1, 0.15) is 0 Å². The van der Waals surface area contributed by atoms with E-state index in [2.05, 4.69) is 38.2 Å². The Labute approximate surface area is 151 Å². The van der Waals surface area contributed by atoms with Crippen molar-refractivity contribution in [2.75, 3.05) is 6.61 Å². The Morgan fingerprint density at radius 2 is 1.80 bits per heavy atom. The molecule has 1 aromatic carbocycles. The first-order valence-corrected chi connectivity index (χ1v) is 9.69. The minimum Gasteiger partial charge on any atom is -0.449 e. The highest BCUT2D eigenvalue weighted by molar-refractivity contribution is 5.69. The number of hydrogen-bond donors (Lipinski definition) is 1. The molecule has 1 N–H and O–H groups in total. The first kappa shape index (κ1) is 18.2. The lowest BCUT2D eigenvalue weighted by molar-refractivity contribution is 0.0199. The van der Waals surface area contributed by atoms with E-state index in [4.69, 9.17) is 4.74 Å². The number of benzene rings is 1.